The van der Waals surface area contributed by atoms with E-state index in [0.29, 0.717) is 10.6 Å². The Balaban J connectivity index is 2.41. The molecule has 1 aromatic rings. The third kappa shape index (κ3) is 2.55. The summed E-state index contributed by atoms with van der Waals surface area (Å²) < 4.78 is 14.2. The predicted octanol–water partition coefficient (Wildman–Crippen LogP) is 4.15. The predicted molar refractivity (Wildman–Crippen MR) is 74.6 cm³/mol. The SMILES string of the molecule is CNCC1(c2c(F)cccc2Cl)CCC(C)CC1. The molecule has 0 amide bonds. The van der Waals surface area contributed by atoms with E-state index in [2.05, 4.69) is 12.2 Å². The molecule has 1 fully saturated rings. The van der Waals surface area contributed by atoms with Gasteiger partial charge in [-0.05, 0) is 50.8 Å². The highest BCUT2D eigenvalue weighted by Gasteiger charge is 2.38. The first-order chi connectivity index (χ1) is 8.59. The summed E-state index contributed by atoms with van der Waals surface area (Å²) >= 11 is 6.26. The van der Waals surface area contributed by atoms with Gasteiger partial charge in [-0.2, -0.15) is 0 Å². The van der Waals surface area contributed by atoms with Crippen LogP contribution in [0.15, 0.2) is 18.2 Å². The Morgan fingerprint density at radius 3 is 2.61 bits per heavy atom. The van der Waals surface area contributed by atoms with Crippen molar-refractivity contribution in [3.05, 3.63) is 34.6 Å². The van der Waals surface area contributed by atoms with Crippen LogP contribution in [0.25, 0.3) is 0 Å². The molecule has 1 aliphatic carbocycles. The molecule has 0 spiro atoms. The fourth-order valence-corrected chi connectivity index (χ4v) is 3.54. The topological polar surface area (TPSA) is 12.0 Å². The van der Waals surface area contributed by atoms with Crippen LogP contribution in [-0.2, 0) is 5.41 Å². The molecule has 0 heterocycles. The van der Waals surface area contributed by atoms with Crippen molar-refractivity contribution in [3.8, 4) is 0 Å². The molecular weight excluding hydrogens is 249 g/mol. The summed E-state index contributed by atoms with van der Waals surface area (Å²) in [5.41, 5.74) is 0.580. The van der Waals surface area contributed by atoms with Crippen LogP contribution >= 0.6 is 11.6 Å². The molecule has 100 valence electrons. The number of halogens is 2. The first-order valence-electron chi connectivity index (χ1n) is 6.68. The number of likely N-dealkylation sites (N-methyl/N-ethyl adjacent to an activating group) is 1. The van der Waals surface area contributed by atoms with Crippen LogP contribution in [0.4, 0.5) is 4.39 Å². The van der Waals surface area contributed by atoms with Crippen molar-refractivity contribution in [2.24, 2.45) is 5.92 Å². The molecule has 0 atom stereocenters. The molecule has 0 saturated heterocycles. The zero-order valence-corrected chi connectivity index (χ0v) is 11.9. The second-order valence-corrected chi connectivity index (χ2v) is 6.00. The lowest BCUT2D eigenvalue weighted by molar-refractivity contribution is 0.232. The number of benzene rings is 1. The van der Waals surface area contributed by atoms with E-state index in [1.54, 1.807) is 12.1 Å². The average molecular weight is 270 g/mol. The summed E-state index contributed by atoms with van der Waals surface area (Å²) in [5, 5.41) is 3.79. The van der Waals surface area contributed by atoms with Gasteiger partial charge < -0.3 is 5.32 Å². The molecule has 0 radical (unpaired) electrons. The van der Waals surface area contributed by atoms with Crippen LogP contribution < -0.4 is 5.32 Å². The lowest BCUT2D eigenvalue weighted by Crippen LogP contribution is -2.41. The van der Waals surface area contributed by atoms with E-state index in [4.69, 9.17) is 11.6 Å². The highest BCUT2D eigenvalue weighted by atomic mass is 35.5. The largest absolute Gasteiger partial charge is 0.319 e. The quantitative estimate of drug-likeness (QED) is 0.869. The number of hydrogen-bond donors (Lipinski definition) is 1. The zero-order valence-electron chi connectivity index (χ0n) is 11.1. The van der Waals surface area contributed by atoms with Gasteiger partial charge in [0, 0.05) is 22.5 Å². The van der Waals surface area contributed by atoms with Crippen LogP contribution in [0, 0.1) is 11.7 Å². The van der Waals surface area contributed by atoms with Crippen LogP contribution in [0.1, 0.15) is 38.2 Å². The summed E-state index contributed by atoms with van der Waals surface area (Å²) in [5.74, 6) is 0.577. The van der Waals surface area contributed by atoms with E-state index in [1.165, 1.54) is 6.07 Å². The number of rotatable bonds is 3. The van der Waals surface area contributed by atoms with Crippen molar-refractivity contribution in [2.45, 2.75) is 38.0 Å². The molecule has 0 bridgehead atoms. The summed E-state index contributed by atoms with van der Waals surface area (Å²) in [6, 6.07) is 5.01. The van der Waals surface area contributed by atoms with E-state index in [9.17, 15) is 4.39 Å². The van der Waals surface area contributed by atoms with Crippen molar-refractivity contribution < 1.29 is 4.39 Å². The normalized spacial score (nSPS) is 28.3. The second kappa shape index (κ2) is 5.58. The Labute approximate surface area is 114 Å². The van der Waals surface area contributed by atoms with Crippen molar-refractivity contribution in [2.75, 3.05) is 13.6 Å². The molecular formula is C15H21ClFN. The van der Waals surface area contributed by atoms with Crippen LogP contribution in [-0.4, -0.2) is 13.6 Å². The Kier molecular flexibility index (Phi) is 4.29. The minimum absolute atomic E-state index is 0.135. The Bertz CT molecular complexity index is 391. The fourth-order valence-electron chi connectivity index (χ4n) is 3.17. The molecule has 1 aromatic carbocycles. The van der Waals surface area contributed by atoms with Crippen molar-refractivity contribution >= 4 is 11.6 Å². The molecule has 2 rings (SSSR count). The Hall–Kier alpha value is -0.600. The number of hydrogen-bond acceptors (Lipinski definition) is 1. The summed E-state index contributed by atoms with van der Waals surface area (Å²) in [4.78, 5) is 0. The molecule has 1 nitrogen and oxygen atoms in total. The maximum atomic E-state index is 14.2. The van der Waals surface area contributed by atoms with E-state index in [1.807, 2.05) is 7.05 Å². The molecule has 0 aliphatic heterocycles. The lowest BCUT2D eigenvalue weighted by atomic mass is 9.66. The first-order valence-corrected chi connectivity index (χ1v) is 7.06. The van der Waals surface area contributed by atoms with Gasteiger partial charge in [0.25, 0.3) is 0 Å². The molecule has 0 unspecified atom stereocenters. The van der Waals surface area contributed by atoms with Gasteiger partial charge in [0.1, 0.15) is 5.82 Å². The standard InChI is InChI=1S/C15H21ClFN/c1-11-6-8-15(9-7-11,10-18-2)14-12(16)4-3-5-13(14)17/h3-5,11,18H,6-10H2,1-2H3. The van der Waals surface area contributed by atoms with Gasteiger partial charge in [0.05, 0.1) is 0 Å². The van der Waals surface area contributed by atoms with E-state index >= 15 is 0 Å². The monoisotopic (exact) mass is 269 g/mol. The molecule has 3 heteroatoms. The highest BCUT2D eigenvalue weighted by Crippen LogP contribution is 2.44. The van der Waals surface area contributed by atoms with Crippen LogP contribution in [0.2, 0.25) is 5.02 Å². The van der Waals surface area contributed by atoms with Gasteiger partial charge in [-0.3, -0.25) is 0 Å². The van der Waals surface area contributed by atoms with Crippen molar-refractivity contribution in [1.82, 2.24) is 5.32 Å². The van der Waals surface area contributed by atoms with Crippen molar-refractivity contribution in [3.63, 3.8) is 0 Å². The smallest absolute Gasteiger partial charge is 0.128 e. The minimum Gasteiger partial charge on any atom is -0.319 e. The van der Waals surface area contributed by atoms with E-state index in [-0.39, 0.29) is 11.2 Å². The molecule has 0 aromatic heterocycles. The average Bonchev–Trinajstić information content (AvgIpc) is 2.33. The molecule has 1 aliphatic rings. The third-order valence-corrected chi connectivity index (χ3v) is 4.55. The highest BCUT2D eigenvalue weighted by molar-refractivity contribution is 6.31. The van der Waals surface area contributed by atoms with Crippen LogP contribution in [0.3, 0.4) is 0 Å². The van der Waals surface area contributed by atoms with Gasteiger partial charge in [0.15, 0.2) is 0 Å². The molecule has 1 saturated carbocycles. The fraction of sp³-hybridized carbons (Fsp3) is 0.600. The maximum Gasteiger partial charge on any atom is 0.128 e. The van der Waals surface area contributed by atoms with Gasteiger partial charge in [-0.25, -0.2) is 4.39 Å². The Morgan fingerprint density at radius 1 is 1.39 bits per heavy atom. The molecule has 1 N–H and O–H groups in total. The van der Waals surface area contributed by atoms with Gasteiger partial charge >= 0.3 is 0 Å². The van der Waals surface area contributed by atoms with Gasteiger partial charge in [-0.1, -0.05) is 24.6 Å². The maximum absolute atomic E-state index is 14.2. The molecule has 18 heavy (non-hydrogen) atoms. The Morgan fingerprint density at radius 2 is 2.06 bits per heavy atom. The zero-order chi connectivity index (χ0) is 13.2. The second-order valence-electron chi connectivity index (χ2n) is 5.59. The van der Waals surface area contributed by atoms with E-state index in [0.717, 1.165) is 38.1 Å². The summed E-state index contributed by atoms with van der Waals surface area (Å²) in [6.45, 7) is 3.06. The van der Waals surface area contributed by atoms with Gasteiger partial charge in [-0.15, -0.1) is 0 Å². The third-order valence-electron chi connectivity index (χ3n) is 4.24. The van der Waals surface area contributed by atoms with E-state index < -0.39 is 0 Å². The van der Waals surface area contributed by atoms with Crippen molar-refractivity contribution in [1.29, 1.82) is 0 Å². The van der Waals surface area contributed by atoms with Crippen LogP contribution in [0.5, 0.6) is 0 Å². The lowest BCUT2D eigenvalue weighted by Gasteiger charge is -2.40. The van der Waals surface area contributed by atoms with Gasteiger partial charge in [0.2, 0.25) is 0 Å². The summed E-state index contributed by atoms with van der Waals surface area (Å²) in [6.07, 6.45) is 4.31. The summed E-state index contributed by atoms with van der Waals surface area (Å²) in [7, 11) is 1.93. The minimum atomic E-state index is -0.160. The number of nitrogens with one attached hydrogen (secondary N) is 1. The first kappa shape index (κ1) is 13.8.